The minimum Gasteiger partial charge on any atom is -0.335 e. The van der Waals surface area contributed by atoms with Crippen molar-refractivity contribution in [1.82, 2.24) is 40.1 Å². The third kappa shape index (κ3) is 2.78. The Bertz CT molecular complexity index is 1570. The van der Waals surface area contributed by atoms with E-state index < -0.39 is 5.82 Å². The van der Waals surface area contributed by atoms with Gasteiger partial charge in [-0.2, -0.15) is 9.49 Å². The zero-order chi connectivity index (χ0) is 20.9. The van der Waals surface area contributed by atoms with E-state index in [-0.39, 0.29) is 16.2 Å². The molecule has 150 valence electrons. The van der Waals surface area contributed by atoms with Crippen molar-refractivity contribution in [3.63, 3.8) is 0 Å². The van der Waals surface area contributed by atoms with Gasteiger partial charge >= 0.3 is 0 Å². The van der Waals surface area contributed by atoms with Crippen molar-refractivity contribution >= 4 is 33.3 Å². The molecule has 0 aliphatic heterocycles. The summed E-state index contributed by atoms with van der Waals surface area (Å²) in [7, 11) is 0. The molecule has 0 saturated heterocycles. The number of aromatic nitrogens is 8. The number of nitrogens with one attached hydrogen (secondary N) is 2. The minimum atomic E-state index is -0.560. The molecule has 0 saturated carbocycles. The Balaban J connectivity index is 1.56. The van der Waals surface area contributed by atoms with Gasteiger partial charge in [0.2, 0.25) is 0 Å². The molecule has 0 spiro atoms. The molecule has 0 unspecified atom stereocenters. The number of rotatable bonds is 3. The highest BCUT2D eigenvalue weighted by Crippen LogP contribution is 2.35. The van der Waals surface area contributed by atoms with Crippen molar-refractivity contribution in [2.45, 2.75) is 0 Å². The predicted molar refractivity (Wildman–Crippen MR) is 111 cm³/mol. The quantitative estimate of drug-likeness (QED) is 0.430. The maximum Gasteiger partial charge on any atom is 0.176 e. The molecule has 31 heavy (non-hydrogen) atoms. The van der Waals surface area contributed by atoms with Crippen LogP contribution in [-0.4, -0.2) is 40.1 Å². The van der Waals surface area contributed by atoms with E-state index in [2.05, 4.69) is 40.1 Å². The highest BCUT2D eigenvalue weighted by Gasteiger charge is 2.21. The van der Waals surface area contributed by atoms with Gasteiger partial charge in [-0.05, 0) is 12.1 Å². The predicted octanol–water partition coefficient (Wildman–Crippen LogP) is 4.36. The van der Waals surface area contributed by atoms with Crippen molar-refractivity contribution in [2.75, 3.05) is 0 Å². The third-order valence-electron chi connectivity index (χ3n) is 4.84. The number of H-pyrrole nitrogens is 2. The molecule has 8 nitrogen and oxygen atoms in total. The smallest absolute Gasteiger partial charge is 0.176 e. The highest BCUT2D eigenvalue weighted by molar-refractivity contribution is 7.14. The molecule has 0 aromatic carbocycles. The van der Waals surface area contributed by atoms with Crippen LogP contribution in [0.1, 0.15) is 0 Å². The van der Waals surface area contributed by atoms with Crippen LogP contribution in [0.5, 0.6) is 0 Å². The summed E-state index contributed by atoms with van der Waals surface area (Å²) >= 11 is 1.00. The number of hydrogen-bond donors (Lipinski definition) is 2. The molecule has 0 fully saturated rings. The summed E-state index contributed by atoms with van der Waals surface area (Å²) < 4.78 is 29.0. The summed E-state index contributed by atoms with van der Waals surface area (Å²) in [6, 6.07) is 3.07. The van der Waals surface area contributed by atoms with Gasteiger partial charge in [-0.3, -0.25) is 15.1 Å². The first-order valence-electron chi connectivity index (χ1n) is 9.07. The molecule has 0 aliphatic rings. The Morgan fingerprint density at radius 1 is 0.871 bits per heavy atom. The molecule has 6 rings (SSSR count). The van der Waals surface area contributed by atoms with E-state index in [0.717, 1.165) is 11.3 Å². The zero-order valence-electron chi connectivity index (χ0n) is 15.5. The molecule has 6 heterocycles. The van der Waals surface area contributed by atoms with Crippen molar-refractivity contribution in [1.29, 1.82) is 0 Å². The van der Waals surface area contributed by atoms with Gasteiger partial charge in [0.1, 0.15) is 23.2 Å². The highest BCUT2D eigenvalue weighted by atomic mass is 32.1. The molecule has 0 amide bonds. The van der Waals surface area contributed by atoms with Crippen molar-refractivity contribution < 1.29 is 8.78 Å². The van der Waals surface area contributed by atoms with Crippen LogP contribution in [0.4, 0.5) is 8.78 Å². The number of fused-ring (bicyclic) bond motifs is 2. The molecule has 0 aliphatic carbocycles. The first kappa shape index (κ1) is 17.7. The molecule has 2 N–H and O–H groups in total. The van der Waals surface area contributed by atoms with Crippen LogP contribution in [0.3, 0.4) is 0 Å². The Morgan fingerprint density at radius 2 is 1.74 bits per heavy atom. The molecular weight excluding hydrogens is 422 g/mol. The standard InChI is InChI=1S/C20H10F2N8S/c21-14-2-1-13(31-14)10-5-23-6-12-18(10)28-20(27-12)19-15-11(29-30-19)7-26-17(16(15)22)9-3-24-8-25-4-9/h1-8H,(H,27,28)(H,29,30). The van der Waals surface area contributed by atoms with Gasteiger partial charge < -0.3 is 4.98 Å². The molecule has 0 atom stereocenters. The molecule has 11 heteroatoms. The lowest BCUT2D eigenvalue weighted by Crippen LogP contribution is -1.93. The lowest BCUT2D eigenvalue weighted by Gasteiger charge is -2.03. The number of pyridine rings is 2. The van der Waals surface area contributed by atoms with Crippen LogP contribution in [0, 0.1) is 10.9 Å². The van der Waals surface area contributed by atoms with Gasteiger partial charge in [0, 0.05) is 34.6 Å². The van der Waals surface area contributed by atoms with Gasteiger partial charge in [-0.15, -0.1) is 11.3 Å². The number of nitrogens with zero attached hydrogens (tertiary/aromatic N) is 6. The Morgan fingerprint density at radius 3 is 2.55 bits per heavy atom. The number of hydrogen-bond acceptors (Lipinski definition) is 7. The second kappa shape index (κ2) is 6.71. The summed E-state index contributed by atoms with van der Waals surface area (Å²) in [6.07, 6.45) is 9.08. The normalized spacial score (nSPS) is 11.5. The van der Waals surface area contributed by atoms with Gasteiger partial charge in [-0.25, -0.2) is 19.3 Å². The topological polar surface area (TPSA) is 109 Å². The fourth-order valence-electron chi connectivity index (χ4n) is 3.45. The van der Waals surface area contributed by atoms with E-state index in [4.69, 9.17) is 0 Å². The van der Waals surface area contributed by atoms with Crippen molar-refractivity contribution in [2.24, 2.45) is 0 Å². The number of imidazole rings is 1. The maximum atomic E-state index is 15.5. The van der Waals surface area contributed by atoms with Crippen LogP contribution in [0.25, 0.3) is 55.2 Å². The SMILES string of the molecule is Fc1ccc(-c2cncc3[nH]c(-c4n[nH]c5cnc(-c6cncnc6)c(F)c45)nc23)s1. The van der Waals surface area contributed by atoms with E-state index in [1.54, 1.807) is 18.5 Å². The summed E-state index contributed by atoms with van der Waals surface area (Å²) in [4.78, 5) is 24.7. The fourth-order valence-corrected chi connectivity index (χ4v) is 4.20. The number of aromatic amines is 2. The van der Waals surface area contributed by atoms with Gasteiger partial charge in [-0.1, -0.05) is 0 Å². The van der Waals surface area contributed by atoms with E-state index in [0.29, 0.717) is 44.1 Å². The Hall–Kier alpha value is -4.12. The third-order valence-corrected chi connectivity index (χ3v) is 5.74. The van der Waals surface area contributed by atoms with Gasteiger partial charge in [0.25, 0.3) is 0 Å². The molecular formula is C20H10F2N8S. The molecule has 0 radical (unpaired) electrons. The average molecular weight is 432 g/mol. The Labute approximate surface area is 176 Å². The van der Waals surface area contributed by atoms with Crippen LogP contribution < -0.4 is 0 Å². The van der Waals surface area contributed by atoms with Crippen molar-refractivity contribution in [3.8, 4) is 33.2 Å². The van der Waals surface area contributed by atoms with E-state index in [1.165, 1.54) is 31.0 Å². The Kier molecular flexibility index (Phi) is 3.83. The summed E-state index contributed by atoms with van der Waals surface area (Å²) in [5.74, 6) is -0.205. The molecule has 0 bridgehead atoms. The second-order valence-electron chi connectivity index (χ2n) is 6.68. The first-order chi connectivity index (χ1) is 15.2. The van der Waals surface area contributed by atoms with Crippen LogP contribution >= 0.6 is 11.3 Å². The monoisotopic (exact) mass is 432 g/mol. The largest absolute Gasteiger partial charge is 0.335 e. The minimum absolute atomic E-state index is 0.114. The van der Waals surface area contributed by atoms with Crippen LogP contribution in [-0.2, 0) is 0 Å². The van der Waals surface area contributed by atoms with E-state index >= 15 is 4.39 Å². The van der Waals surface area contributed by atoms with E-state index in [1.807, 2.05) is 0 Å². The number of thiophene rings is 1. The maximum absolute atomic E-state index is 15.5. The molecule has 6 aromatic heterocycles. The molecule has 6 aromatic rings. The van der Waals surface area contributed by atoms with Crippen LogP contribution in [0.2, 0.25) is 0 Å². The fraction of sp³-hybridized carbons (Fsp3) is 0. The van der Waals surface area contributed by atoms with Crippen molar-refractivity contribution in [3.05, 3.63) is 60.4 Å². The second-order valence-corrected chi connectivity index (χ2v) is 7.72. The summed E-state index contributed by atoms with van der Waals surface area (Å²) in [5.41, 5.74) is 3.18. The average Bonchev–Trinajstić information content (AvgIpc) is 3.52. The summed E-state index contributed by atoms with van der Waals surface area (Å²) in [5, 5.41) is 6.99. The first-order valence-corrected chi connectivity index (χ1v) is 9.88. The number of halogens is 2. The lowest BCUT2D eigenvalue weighted by molar-refractivity contribution is 0.638. The van der Waals surface area contributed by atoms with Gasteiger partial charge in [0.15, 0.2) is 16.8 Å². The summed E-state index contributed by atoms with van der Waals surface area (Å²) in [6.45, 7) is 0. The lowest BCUT2D eigenvalue weighted by atomic mass is 10.1. The zero-order valence-corrected chi connectivity index (χ0v) is 16.3. The van der Waals surface area contributed by atoms with Crippen LogP contribution in [0.15, 0.2) is 49.4 Å². The van der Waals surface area contributed by atoms with E-state index in [9.17, 15) is 4.39 Å². The van der Waals surface area contributed by atoms with Gasteiger partial charge in [0.05, 0.1) is 28.8 Å².